The van der Waals surface area contributed by atoms with E-state index in [0.29, 0.717) is 6.04 Å². The van der Waals surface area contributed by atoms with Crippen LogP contribution in [0.5, 0.6) is 0 Å². The molecule has 3 nitrogen and oxygen atoms in total. The first-order chi connectivity index (χ1) is 7.36. The maximum absolute atomic E-state index is 4.01. The molecule has 0 saturated heterocycles. The molecule has 0 radical (unpaired) electrons. The zero-order valence-corrected chi connectivity index (χ0v) is 9.52. The average molecular weight is 207 g/mol. The lowest BCUT2D eigenvalue weighted by Gasteiger charge is -2.16. The summed E-state index contributed by atoms with van der Waals surface area (Å²) in [6.07, 6.45) is 11.1. The molecular formula is C12H21N3. The zero-order valence-electron chi connectivity index (χ0n) is 9.52. The number of imidazole rings is 1. The van der Waals surface area contributed by atoms with E-state index in [4.69, 9.17) is 0 Å². The second-order valence-corrected chi connectivity index (χ2v) is 3.73. The zero-order chi connectivity index (χ0) is 10.9. The summed E-state index contributed by atoms with van der Waals surface area (Å²) in [6, 6.07) is 0.617. The number of allylic oxidation sites excluding steroid dienone is 1. The Hall–Kier alpha value is -1.09. The largest absolute Gasteiger partial charge is 0.336 e. The van der Waals surface area contributed by atoms with Crippen molar-refractivity contribution in [3.63, 3.8) is 0 Å². The first kappa shape index (κ1) is 12.0. The molecule has 84 valence electrons. The minimum absolute atomic E-state index is 0.617. The Morgan fingerprint density at radius 3 is 3.07 bits per heavy atom. The summed E-state index contributed by atoms with van der Waals surface area (Å²) in [7, 11) is 0. The van der Waals surface area contributed by atoms with Gasteiger partial charge in [-0.2, -0.15) is 0 Å². The van der Waals surface area contributed by atoms with Gasteiger partial charge in [-0.25, -0.2) is 4.98 Å². The topological polar surface area (TPSA) is 29.9 Å². The number of rotatable bonds is 8. The second-order valence-electron chi connectivity index (χ2n) is 3.73. The van der Waals surface area contributed by atoms with E-state index in [0.717, 1.165) is 19.5 Å². The summed E-state index contributed by atoms with van der Waals surface area (Å²) in [6.45, 7) is 7.96. The van der Waals surface area contributed by atoms with Gasteiger partial charge in [-0.3, -0.25) is 0 Å². The summed E-state index contributed by atoms with van der Waals surface area (Å²) in [5.74, 6) is 0. The third-order valence-corrected chi connectivity index (χ3v) is 2.57. The number of nitrogens with one attached hydrogen (secondary N) is 1. The summed E-state index contributed by atoms with van der Waals surface area (Å²) < 4.78 is 2.09. The Labute approximate surface area is 92.2 Å². The second kappa shape index (κ2) is 7.23. The average Bonchev–Trinajstić information content (AvgIpc) is 2.76. The third kappa shape index (κ3) is 4.79. The third-order valence-electron chi connectivity index (χ3n) is 2.57. The fraction of sp³-hybridized carbons (Fsp3) is 0.583. The quantitative estimate of drug-likeness (QED) is 0.662. The molecule has 1 heterocycles. The molecule has 0 fully saturated rings. The molecular weight excluding hydrogens is 186 g/mol. The first-order valence-electron chi connectivity index (χ1n) is 5.66. The SMILES string of the molecule is C=CCCC(CC)NCCn1ccnc1. The Morgan fingerprint density at radius 2 is 2.47 bits per heavy atom. The van der Waals surface area contributed by atoms with Gasteiger partial charge in [0.15, 0.2) is 0 Å². The lowest BCUT2D eigenvalue weighted by Crippen LogP contribution is -2.31. The maximum atomic E-state index is 4.01. The first-order valence-corrected chi connectivity index (χ1v) is 5.66. The van der Waals surface area contributed by atoms with Crippen LogP contribution in [0.3, 0.4) is 0 Å². The van der Waals surface area contributed by atoms with E-state index in [1.165, 1.54) is 12.8 Å². The maximum Gasteiger partial charge on any atom is 0.0946 e. The van der Waals surface area contributed by atoms with Gasteiger partial charge in [0.05, 0.1) is 6.33 Å². The van der Waals surface area contributed by atoms with Crippen molar-refractivity contribution in [3.05, 3.63) is 31.4 Å². The Balaban J connectivity index is 2.14. The van der Waals surface area contributed by atoms with Crippen LogP contribution in [0.25, 0.3) is 0 Å². The number of hydrogen-bond donors (Lipinski definition) is 1. The minimum atomic E-state index is 0.617. The van der Waals surface area contributed by atoms with Crippen molar-refractivity contribution < 1.29 is 0 Å². The molecule has 0 aliphatic carbocycles. The van der Waals surface area contributed by atoms with E-state index in [-0.39, 0.29) is 0 Å². The van der Waals surface area contributed by atoms with Crippen LogP contribution in [0.2, 0.25) is 0 Å². The van der Waals surface area contributed by atoms with Gasteiger partial charge in [0.2, 0.25) is 0 Å². The molecule has 1 N–H and O–H groups in total. The normalized spacial score (nSPS) is 12.6. The van der Waals surface area contributed by atoms with Gasteiger partial charge in [-0.15, -0.1) is 6.58 Å². The van der Waals surface area contributed by atoms with Gasteiger partial charge < -0.3 is 9.88 Å². The molecule has 0 bridgehead atoms. The van der Waals surface area contributed by atoms with Gasteiger partial charge in [0.25, 0.3) is 0 Å². The highest BCUT2D eigenvalue weighted by atomic mass is 15.0. The van der Waals surface area contributed by atoms with Crippen LogP contribution in [0.15, 0.2) is 31.4 Å². The van der Waals surface area contributed by atoms with Crippen LogP contribution in [0.1, 0.15) is 26.2 Å². The smallest absolute Gasteiger partial charge is 0.0946 e. The molecule has 15 heavy (non-hydrogen) atoms. The fourth-order valence-corrected chi connectivity index (χ4v) is 1.59. The van der Waals surface area contributed by atoms with Crippen LogP contribution in [-0.4, -0.2) is 22.1 Å². The van der Waals surface area contributed by atoms with E-state index in [2.05, 4.69) is 28.4 Å². The molecule has 0 aliphatic rings. The van der Waals surface area contributed by atoms with Crippen LogP contribution in [-0.2, 0) is 6.54 Å². The summed E-state index contributed by atoms with van der Waals surface area (Å²) in [5.41, 5.74) is 0. The molecule has 0 aromatic carbocycles. The van der Waals surface area contributed by atoms with Gasteiger partial charge in [-0.1, -0.05) is 13.0 Å². The van der Waals surface area contributed by atoms with Gasteiger partial charge in [-0.05, 0) is 19.3 Å². The molecule has 1 aromatic rings. The van der Waals surface area contributed by atoms with E-state index >= 15 is 0 Å². The molecule has 0 spiro atoms. The molecule has 1 aromatic heterocycles. The predicted octanol–water partition coefficient (Wildman–Crippen LogP) is 2.22. The van der Waals surface area contributed by atoms with Crippen LogP contribution in [0, 0.1) is 0 Å². The molecule has 0 amide bonds. The number of nitrogens with zero attached hydrogens (tertiary/aromatic N) is 2. The Morgan fingerprint density at radius 1 is 1.60 bits per heavy atom. The monoisotopic (exact) mass is 207 g/mol. The molecule has 1 atom stereocenters. The molecule has 0 saturated carbocycles. The van der Waals surface area contributed by atoms with Gasteiger partial charge >= 0.3 is 0 Å². The van der Waals surface area contributed by atoms with Gasteiger partial charge in [0.1, 0.15) is 0 Å². The number of hydrogen-bond acceptors (Lipinski definition) is 2. The predicted molar refractivity (Wildman–Crippen MR) is 63.7 cm³/mol. The molecule has 1 rings (SSSR count). The standard InChI is InChI=1S/C12H21N3/c1-3-5-6-12(4-2)14-8-10-15-9-7-13-11-15/h3,7,9,11-12,14H,1,4-6,8,10H2,2H3. The van der Waals surface area contributed by atoms with E-state index in [1.54, 1.807) is 0 Å². The van der Waals surface area contributed by atoms with Gasteiger partial charge in [0, 0.05) is 31.5 Å². The number of aromatic nitrogens is 2. The summed E-state index contributed by atoms with van der Waals surface area (Å²) in [5, 5.41) is 3.55. The Bertz CT molecular complexity index is 254. The van der Waals surface area contributed by atoms with E-state index in [1.807, 2.05) is 24.8 Å². The van der Waals surface area contributed by atoms with Crippen LogP contribution >= 0.6 is 0 Å². The van der Waals surface area contributed by atoms with Crippen molar-refractivity contribution in [2.45, 2.75) is 38.8 Å². The molecule has 1 unspecified atom stereocenters. The minimum Gasteiger partial charge on any atom is -0.336 e. The van der Waals surface area contributed by atoms with Crippen molar-refractivity contribution in [3.8, 4) is 0 Å². The van der Waals surface area contributed by atoms with E-state index < -0.39 is 0 Å². The summed E-state index contributed by atoms with van der Waals surface area (Å²) >= 11 is 0. The Kier molecular flexibility index (Phi) is 5.78. The van der Waals surface area contributed by atoms with Crippen molar-refractivity contribution in [2.75, 3.05) is 6.54 Å². The fourth-order valence-electron chi connectivity index (χ4n) is 1.59. The lowest BCUT2D eigenvalue weighted by atomic mass is 10.1. The van der Waals surface area contributed by atoms with Crippen molar-refractivity contribution in [2.24, 2.45) is 0 Å². The van der Waals surface area contributed by atoms with Crippen LogP contribution in [0.4, 0.5) is 0 Å². The van der Waals surface area contributed by atoms with E-state index in [9.17, 15) is 0 Å². The van der Waals surface area contributed by atoms with Crippen molar-refractivity contribution in [1.29, 1.82) is 0 Å². The lowest BCUT2D eigenvalue weighted by molar-refractivity contribution is 0.454. The molecule has 3 heteroatoms. The summed E-state index contributed by atoms with van der Waals surface area (Å²) in [4.78, 5) is 4.01. The van der Waals surface area contributed by atoms with Crippen LogP contribution < -0.4 is 5.32 Å². The molecule has 0 aliphatic heterocycles. The highest BCUT2D eigenvalue weighted by Crippen LogP contribution is 2.01. The highest BCUT2D eigenvalue weighted by Gasteiger charge is 2.03. The van der Waals surface area contributed by atoms with Crippen molar-refractivity contribution >= 4 is 0 Å². The highest BCUT2D eigenvalue weighted by molar-refractivity contribution is 4.76. The van der Waals surface area contributed by atoms with Crippen molar-refractivity contribution in [1.82, 2.24) is 14.9 Å².